The summed E-state index contributed by atoms with van der Waals surface area (Å²) in [5.41, 5.74) is -0.614. The summed E-state index contributed by atoms with van der Waals surface area (Å²) in [7, 11) is 0. The van der Waals surface area contributed by atoms with E-state index in [-0.39, 0.29) is 36.4 Å². The maximum absolute atomic E-state index is 11.5. The average molecular weight is 461 g/mol. The van der Waals surface area contributed by atoms with Crippen LogP contribution in [0.3, 0.4) is 0 Å². The van der Waals surface area contributed by atoms with Gasteiger partial charge in [0.2, 0.25) is 0 Å². The summed E-state index contributed by atoms with van der Waals surface area (Å²) in [5.74, 6) is -0.689. The number of hydrogen-bond donors (Lipinski definition) is 3. The minimum absolute atomic E-state index is 0.0200. The number of phenols is 1. The molecule has 180 valence electrons. The fourth-order valence-corrected chi connectivity index (χ4v) is 3.08. The van der Waals surface area contributed by atoms with Gasteiger partial charge in [0.15, 0.2) is 23.4 Å². The molecule has 0 aliphatic carbocycles. The van der Waals surface area contributed by atoms with Crippen LogP contribution in [-0.2, 0) is 26.3 Å². The van der Waals surface area contributed by atoms with Crippen molar-refractivity contribution in [2.45, 2.75) is 58.3 Å². The van der Waals surface area contributed by atoms with Gasteiger partial charge in [-0.3, -0.25) is 4.79 Å². The average Bonchev–Trinajstić information content (AvgIpc) is 2.75. The molecule has 0 radical (unpaired) electrons. The summed E-state index contributed by atoms with van der Waals surface area (Å²) in [6, 6.07) is 11.6. The standard InChI is InChI=1S/C25H32O8/c1-16(2)33-22(24(28)29)15-18-7-5-8-21(23(18)27)32-14-6-13-31-20-11-9-19(10-12-20)25(4,30)17(3)26/h5,7-12,16,22,27,30H,6,13-15H2,1-4H3,(H,28,29). The monoisotopic (exact) mass is 460 g/mol. The SMILES string of the molecule is CC(=O)C(C)(O)c1ccc(OCCCOc2cccc(CC(OC(C)C)C(=O)O)c2O)cc1. The van der Waals surface area contributed by atoms with E-state index in [4.69, 9.17) is 14.2 Å². The molecule has 2 aromatic carbocycles. The third kappa shape index (κ3) is 7.47. The Labute approximate surface area is 193 Å². The van der Waals surface area contributed by atoms with E-state index >= 15 is 0 Å². The Morgan fingerprint density at radius 3 is 2.24 bits per heavy atom. The molecule has 2 rings (SSSR count). The van der Waals surface area contributed by atoms with E-state index in [1.165, 1.54) is 13.8 Å². The summed E-state index contributed by atoms with van der Waals surface area (Å²) < 4.78 is 16.7. The van der Waals surface area contributed by atoms with Crippen LogP contribution in [0.25, 0.3) is 0 Å². The second kappa shape index (κ2) is 11.7. The quantitative estimate of drug-likeness (QED) is 0.389. The molecule has 0 saturated heterocycles. The van der Waals surface area contributed by atoms with Crippen molar-refractivity contribution < 1.29 is 39.1 Å². The lowest BCUT2D eigenvalue weighted by atomic mass is 9.92. The van der Waals surface area contributed by atoms with Crippen LogP contribution in [0.2, 0.25) is 0 Å². The normalized spacial score (nSPS) is 13.9. The highest BCUT2D eigenvalue weighted by molar-refractivity contribution is 5.85. The molecule has 0 bridgehead atoms. The third-order valence-electron chi connectivity index (χ3n) is 5.12. The van der Waals surface area contributed by atoms with Crippen LogP contribution >= 0.6 is 0 Å². The predicted octanol–water partition coefficient (Wildman–Crippen LogP) is 3.46. The number of hydrogen-bond acceptors (Lipinski definition) is 7. The molecular weight excluding hydrogens is 428 g/mol. The molecule has 0 amide bonds. The van der Waals surface area contributed by atoms with Crippen LogP contribution < -0.4 is 9.47 Å². The second-order valence-corrected chi connectivity index (χ2v) is 8.18. The van der Waals surface area contributed by atoms with Crippen molar-refractivity contribution in [2.75, 3.05) is 13.2 Å². The van der Waals surface area contributed by atoms with E-state index in [1.54, 1.807) is 56.3 Å². The van der Waals surface area contributed by atoms with Gasteiger partial charge in [0.25, 0.3) is 0 Å². The van der Waals surface area contributed by atoms with Gasteiger partial charge >= 0.3 is 5.97 Å². The molecular formula is C25H32O8. The van der Waals surface area contributed by atoms with Gasteiger partial charge in [-0.1, -0.05) is 24.3 Å². The van der Waals surface area contributed by atoms with Crippen LogP contribution in [0.4, 0.5) is 0 Å². The zero-order chi connectivity index (χ0) is 24.6. The van der Waals surface area contributed by atoms with Crippen LogP contribution in [0.1, 0.15) is 45.2 Å². The Morgan fingerprint density at radius 1 is 1.03 bits per heavy atom. The van der Waals surface area contributed by atoms with Crippen LogP contribution in [0.15, 0.2) is 42.5 Å². The van der Waals surface area contributed by atoms with Crippen LogP contribution in [0.5, 0.6) is 17.2 Å². The molecule has 0 saturated carbocycles. The molecule has 0 fully saturated rings. The summed E-state index contributed by atoms with van der Waals surface area (Å²) in [4.78, 5) is 23.0. The molecule has 2 aromatic rings. The number of aliphatic hydroxyl groups is 1. The van der Waals surface area contributed by atoms with E-state index in [1.807, 2.05) is 0 Å². The highest BCUT2D eigenvalue weighted by Crippen LogP contribution is 2.31. The van der Waals surface area contributed by atoms with Gasteiger partial charge in [-0.2, -0.15) is 0 Å². The van der Waals surface area contributed by atoms with Crippen LogP contribution in [0, 0.1) is 0 Å². The molecule has 8 heteroatoms. The summed E-state index contributed by atoms with van der Waals surface area (Å²) in [5, 5.41) is 30.0. The number of rotatable bonds is 13. The van der Waals surface area contributed by atoms with E-state index in [2.05, 4.69) is 0 Å². The largest absolute Gasteiger partial charge is 0.504 e. The number of phenolic OH excluding ortho intramolecular Hbond substituents is 1. The highest BCUT2D eigenvalue weighted by atomic mass is 16.5. The van der Waals surface area contributed by atoms with Gasteiger partial charge in [-0.25, -0.2) is 4.79 Å². The van der Waals surface area contributed by atoms with Crippen LogP contribution in [-0.4, -0.2) is 52.5 Å². The number of carbonyl (C=O) groups excluding carboxylic acids is 1. The van der Waals surface area contributed by atoms with Crippen molar-refractivity contribution in [1.29, 1.82) is 0 Å². The topological polar surface area (TPSA) is 123 Å². The Hall–Kier alpha value is -3.10. The minimum Gasteiger partial charge on any atom is -0.504 e. The van der Waals surface area contributed by atoms with Crippen molar-refractivity contribution >= 4 is 11.8 Å². The predicted molar refractivity (Wildman–Crippen MR) is 122 cm³/mol. The Morgan fingerprint density at radius 2 is 1.67 bits per heavy atom. The smallest absolute Gasteiger partial charge is 0.333 e. The Bertz CT molecular complexity index is 934. The number of carboxylic acids is 1. The van der Waals surface area contributed by atoms with Gasteiger partial charge < -0.3 is 29.5 Å². The molecule has 33 heavy (non-hydrogen) atoms. The molecule has 8 nitrogen and oxygen atoms in total. The Balaban J connectivity index is 1.86. The molecule has 0 heterocycles. The van der Waals surface area contributed by atoms with Crippen molar-refractivity contribution in [1.82, 2.24) is 0 Å². The minimum atomic E-state index is -1.53. The molecule has 0 aromatic heterocycles. The van der Waals surface area contributed by atoms with Gasteiger partial charge in [0.05, 0.1) is 19.3 Å². The highest BCUT2D eigenvalue weighted by Gasteiger charge is 2.28. The molecule has 0 aliphatic heterocycles. The van der Waals surface area contributed by atoms with E-state index in [0.29, 0.717) is 29.9 Å². The zero-order valence-electron chi connectivity index (χ0n) is 19.4. The van der Waals surface area contributed by atoms with Gasteiger partial charge in [0.1, 0.15) is 11.4 Å². The van der Waals surface area contributed by atoms with Crippen molar-refractivity contribution in [2.24, 2.45) is 0 Å². The number of carboxylic acid groups (broad SMARTS) is 1. The second-order valence-electron chi connectivity index (χ2n) is 8.18. The maximum Gasteiger partial charge on any atom is 0.333 e. The fraction of sp³-hybridized carbons (Fsp3) is 0.440. The lowest BCUT2D eigenvalue weighted by Crippen LogP contribution is -2.29. The van der Waals surface area contributed by atoms with Gasteiger partial charge in [-0.15, -0.1) is 0 Å². The lowest BCUT2D eigenvalue weighted by molar-refractivity contribution is -0.153. The molecule has 2 unspecified atom stereocenters. The third-order valence-corrected chi connectivity index (χ3v) is 5.12. The number of carbonyl (C=O) groups is 2. The number of Topliss-reactive ketones (excluding diaryl/α,β-unsaturated/α-hetero) is 1. The number of benzene rings is 2. The first-order valence-corrected chi connectivity index (χ1v) is 10.8. The van der Waals surface area contributed by atoms with E-state index in [9.17, 15) is 24.9 Å². The first-order valence-electron chi connectivity index (χ1n) is 10.8. The summed E-state index contributed by atoms with van der Waals surface area (Å²) in [6.07, 6.45) is -0.770. The van der Waals surface area contributed by atoms with Crippen molar-refractivity contribution in [3.8, 4) is 17.2 Å². The Kier molecular flexibility index (Phi) is 9.25. The number of aromatic hydroxyl groups is 1. The molecule has 2 atom stereocenters. The van der Waals surface area contributed by atoms with Gasteiger partial charge in [0, 0.05) is 18.4 Å². The van der Waals surface area contributed by atoms with Gasteiger partial charge in [-0.05, 0) is 51.5 Å². The number of para-hydroxylation sites is 1. The summed E-state index contributed by atoms with van der Waals surface area (Å²) in [6.45, 7) is 6.92. The number of ether oxygens (including phenoxy) is 3. The summed E-state index contributed by atoms with van der Waals surface area (Å²) >= 11 is 0. The lowest BCUT2D eigenvalue weighted by Gasteiger charge is -2.20. The maximum atomic E-state index is 11.5. The molecule has 0 aliphatic rings. The van der Waals surface area contributed by atoms with E-state index < -0.39 is 17.7 Å². The number of ketones is 1. The van der Waals surface area contributed by atoms with Crippen molar-refractivity contribution in [3.05, 3.63) is 53.6 Å². The first kappa shape index (κ1) is 26.2. The molecule has 0 spiro atoms. The molecule has 3 N–H and O–H groups in total. The van der Waals surface area contributed by atoms with Crippen molar-refractivity contribution in [3.63, 3.8) is 0 Å². The number of aliphatic carboxylic acids is 1. The van der Waals surface area contributed by atoms with E-state index in [0.717, 1.165) is 0 Å². The first-order chi connectivity index (χ1) is 15.5. The zero-order valence-corrected chi connectivity index (χ0v) is 19.4. The fourth-order valence-electron chi connectivity index (χ4n) is 3.08.